The summed E-state index contributed by atoms with van der Waals surface area (Å²) in [5, 5.41) is 8.71. The van der Waals surface area contributed by atoms with Gasteiger partial charge in [0, 0.05) is 0 Å². The Kier molecular flexibility index (Phi) is 1.80. The molecule has 0 aliphatic carbocycles. The maximum Gasteiger partial charge on any atom is 0.309 e. The summed E-state index contributed by atoms with van der Waals surface area (Å²) in [5.74, 6) is 0. The molecule has 0 bridgehead atoms. The first-order valence-corrected chi connectivity index (χ1v) is 3.83. The van der Waals surface area contributed by atoms with Gasteiger partial charge in [-0.05, 0) is 0 Å². The zero-order chi connectivity index (χ0) is 5.98. The molecule has 1 amide bonds. The first-order chi connectivity index (χ1) is 3.79. The molecule has 1 aliphatic rings. The predicted molar refractivity (Wildman–Crippen MR) is 35.5 cm³/mol. The maximum atomic E-state index is 10.3. The highest BCUT2D eigenvalue weighted by molar-refractivity contribution is 8.29. The van der Waals surface area contributed by atoms with Gasteiger partial charge in [-0.1, -0.05) is 23.5 Å². The molecule has 1 heterocycles. The van der Waals surface area contributed by atoms with Crippen LogP contribution in [0.5, 0.6) is 0 Å². The van der Waals surface area contributed by atoms with Gasteiger partial charge < -0.3 is 5.11 Å². The van der Waals surface area contributed by atoms with Gasteiger partial charge in [-0.2, -0.15) is 4.99 Å². The van der Waals surface area contributed by atoms with Gasteiger partial charge >= 0.3 is 5.24 Å². The van der Waals surface area contributed by atoms with Crippen LogP contribution in [-0.2, 0) is 0 Å². The van der Waals surface area contributed by atoms with Crippen molar-refractivity contribution in [1.29, 1.82) is 0 Å². The van der Waals surface area contributed by atoms with E-state index in [1.54, 1.807) is 0 Å². The predicted octanol–water partition coefficient (Wildman–Crippen LogP) is 1.46. The molecule has 0 saturated heterocycles. The number of thioether (sulfide) groups is 2. The number of aliphatic hydroxyl groups is 1. The average molecular weight is 149 g/mol. The number of rotatable bonds is 0. The summed E-state index contributed by atoms with van der Waals surface area (Å²) >= 11 is 2.27. The summed E-state index contributed by atoms with van der Waals surface area (Å²) in [6.45, 7) is 0. The maximum absolute atomic E-state index is 10.3. The summed E-state index contributed by atoms with van der Waals surface area (Å²) in [6.07, 6.45) is 0. The highest BCUT2D eigenvalue weighted by Crippen LogP contribution is 2.20. The van der Waals surface area contributed by atoms with Gasteiger partial charge in [-0.15, -0.1) is 0 Å². The van der Waals surface area contributed by atoms with E-state index in [1.165, 1.54) is 11.8 Å². The molecule has 1 N–H and O–H groups in total. The van der Waals surface area contributed by atoms with Crippen LogP contribution in [0.2, 0.25) is 0 Å². The van der Waals surface area contributed by atoms with Crippen LogP contribution in [0.15, 0.2) is 4.99 Å². The molecular weight excluding hydrogens is 146 g/mol. The minimum atomic E-state index is -0.304. The van der Waals surface area contributed by atoms with Gasteiger partial charge in [-0.3, -0.25) is 4.79 Å². The number of carbonyl (C=O) groups is 1. The molecule has 0 unspecified atom stereocenters. The second kappa shape index (κ2) is 2.41. The summed E-state index contributed by atoms with van der Waals surface area (Å²) in [4.78, 5) is 13.5. The second-order valence-corrected chi connectivity index (χ2v) is 3.30. The largest absolute Gasteiger partial charge is 0.488 e. The molecule has 44 valence electrons. The van der Waals surface area contributed by atoms with E-state index in [1.807, 2.05) is 0 Å². The van der Waals surface area contributed by atoms with Crippen LogP contribution in [0.4, 0.5) is 4.79 Å². The Bertz CT molecular complexity index is 144. The lowest BCUT2D eigenvalue weighted by Crippen LogP contribution is -2.00. The summed E-state index contributed by atoms with van der Waals surface area (Å²) in [7, 11) is 0. The Morgan fingerprint density at radius 1 is 1.62 bits per heavy atom. The molecule has 8 heavy (non-hydrogen) atoms. The number of aliphatic hydroxyl groups excluding tert-OH is 1. The molecule has 0 spiro atoms. The van der Waals surface area contributed by atoms with Crippen molar-refractivity contribution in [2.24, 2.45) is 4.99 Å². The van der Waals surface area contributed by atoms with E-state index >= 15 is 0 Å². The number of carbonyl (C=O) groups excluding carboxylic acids is 1. The topological polar surface area (TPSA) is 49.7 Å². The van der Waals surface area contributed by atoms with Crippen LogP contribution in [0.3, 0.4) is 0 Å². The van der Waals surface area contributed by atoms with E-state index in [-0.39, 0.29) is 10.5 Å². The molecule has 5 heteroatoms. The first kappa shape index (κ1) is 5.97. The van der Waals surface area contributed by atoms with E-state index in [2.05, 4.69) is 4.99 Å². The quantitative estimate of drug-likeness (QED) is 0.566. The smallest absolute Gasteiger partial charge is 0.309 e. The van der Waals surface area contributed by atoms with E-state index in [4.69, 9.17) is 5.11 Å². The molecule has 1 aliphatic heterocycles. The normalized spacial score (nSPS) is 20.5. The second-order valence-electron chi connectivity index (χ2n) is 1.07. The van der Waals surface area contributed by atoms with Gasteiger partial charge in [0.1, 0.15) is 0 Å². The van der Waals surface area contributed by atoms with Crippen LogP contribution < -0.4 is 0 Å². The summed E-state index contributed by atoms with van der Waals surface area (Å²) < 4.78 is 0. The van der Waals surface area contributed by atoms with E-state index in [0.29, 0.717) is 5.08 Å². The number of hydrogen-bond donors (Lipinski definition) is 1. The van der Waals surface area contributed by atoms with Crippen molar-refractivity contribution in [1.82, 2.24) is 0 Å². The Hall–Kier alpha value is -0.160. The summed E-state index contributed by atoms with van der Waals surface area (Å²) in [6, 6.07) is 0. The third-order valence-corrected chi connectivity index (χ3v) is 2.19. The molecule has 0 saturated carbocycles. The molecule has 0 aromatic rings. The number of nitrogens with zero attached hydrogens (tertiary/aromatic N) is 1. The SMILES string of the molecule is O=C1N=C(O)SCS1. The molecule has 0 aromatic heterocycles. The zero-order valence-electron chi connectivity index (χ0n) is 3.83. The minimum Gasteiger partial charge on any atom is -0.488 e. The van der Waals surface area contributed by atoms with Crippen LogP contribution in [0, 0.1) is 0 Å². The molecule has 0 radical (unpaired) electrons. The van der Waals surface area contributed by atoms with Crippen molar-refractivity contribution in [3.05, 3.63) is 0 Å². The minimum absolute atomic E-state index is 0.117. The van der Waals surface area contributed by atoms with Crippen LogP contribution >= 0.6 is 23.5 Å². The van der Waals surface area contributed by atoms with Crippen molar-refractivity contribution in [2.45, 2.75) is 0 Å². The van der Waals surface area contributed by atoms with Crippen LogP contribution in [0.25, 0.3) is 0 Å². The van der Waals surface area contributed by atoms with E-state index in [0.717, 1.165) is 11.8 Å². The molecule has 0 atom stereocenters. The highest BCUT2D eigenvalue weighted by atomic mass is 32.2. The first-order valence-electron chi connectivity index (χ1n) is 1.86. The molecule has 0 aromatic carbocycles. The third-order valence-electron chi connectivity index (χ3n) is 0.557. The lowest BCUT2D eigenvalue weighted by molar-refractivity contribution is 0.267. The lowest BCUT2D eigenvalue weighted by Gasteiger charge is -2.00. The number of hydrogen-bond acceptors (Lipinski definition) is 3. The fraction of sp³-hybridized carbons (Fsp3) is 0.333. The number of aliphatic imine (C=N–C) groups is 1. The van der Waals surface area contributed by atoms with Crippen molar-refractivity contribution in [2.75, 3.05) is 5.08 Å². The van der Waals surface area contributed by atoms with Crippen LogP contribution in [-0.4, -0.2) is 20.7 Å². The van der Waals surface area contributed by atoms with E-state index in [9.17, 15) is 4.79 Å². The lowest BCUT2D eigenvalue weighted by atomic mass is 11.3. The van der Waals surface area contributed by atoms with Gasteiger partial charge in [0.25, 0.3) is 5.23 Å². The summed E-state index contributed by atoms with van der Waals surface area (Å²) in [5.41, 5.74) is 0. The van der Waals surface area contributed by atoms with E-state index < -0.39 is 0 Å². The molecule has 0 fully saturated rings. The van der Waals surface area contributed by atoms with Gasteiger partial charge in [0.15, 0.2) is 0 Å². The monoisotopic (exact) mass is 149 g/mol. The fourth-order valence-electron chi connectivity index (χ4n) is 0.275. The molecule has 1 rings (SSSR count). The zero-order valence-corrected chi connectivity index (χ0v) is 5.46. The molecular formula is C3H3NO2S2. The van der Waals surface area contributed by atoms with Crippen molar-refractivity contribution >= 4 is 34.0 Å². The van der Waals surface area contributed by atoms with Crippen LogP contribution in [0.1, 0.15) is 0 Å². The van der Waals surface area contributed by atoms with Crippen molar-refractivity contribution in [3.8, 4) is 0 Å². The Balaban J connectivity index is 2.64. The highest BCUT2D eigenvalue weighted by Gasteiger charge is 2.10. The van der Waals surface area contributed by atoms with Gasteiger partial charge in [0.2, 0.25) is 0 Å². The van der Waals surface area contributed by atoms with Crippen molar-refractivity contribution in [3.63, 3.8) is 0 Å². The van der Waals surface area contributed by atoms with Crippen molar-refractivity contribution < 1.29 is 9.90 Å². The standard InChI is InChI=1S/C3H3NO2S2/c5-2-4-3(6)8-1-7-2/h1H2,(H,4,5,6). The van der Waals surface area contributed by atoms with Gasteiger partial charge in [-0.25, -0.2) is 0 Å². The van der Waals surface area contributed by atoms with Gasteiger partial charge in [0.05, 0.1) is 5.08 Å². The molecule has 3 nitrogen and oxygen atoms in total. The third kappa shape index (κ3) is 1.41. The Labute approximate surface area is 54.6 Å². The average Bonchev–Trinajstić information content (AvgIpc) is 1.64. The Morgan fingerprint density at radius 2 is 2.38 bits per heavy atom. The fourth-order valence-corrected chi connectivity index (χ4v) is 1.69. The Morgan fingerprint density at radius 3 is 2.75 bits per heavy atom. The number of amides is 1.